The highest BCUT2D eigenvalue weighted by Gasteiger charge is 2.30. The van der Waals surface area contributed by atoms with Crippen molar-refractivity contribution in [3.63, 3.8) is 0 Å². The Hall–Kier alpha value is -4.07. The van der Waals surface area contributed by atoms with Gasteiger partial charge in [0.25, 0.3) is 5.91 Å². The lowest BCUT2D eigenvalue weighted by molar-refractivity contribution is -0.119. The van der Waals surface area contributed by atoms with Gasteiger partial charge in [0.1, 0.15) is 0 Å². The van der Waals surface area contributed by atoms with E-state index in [9.17, 15) is 18.4 Å². The van der Waals surface area contributed by atoms with E-state index in [1.165, 1.54) is 11.0 Å². The number of carbonyl (C=O) groups excluding carboxylic acids is 2. The Bertz CT molecular complexity index is 1180. The highest BCUT2D eigenvalue weighted by Crippen LogP contribution is 2.27. The Morgan fingerprint density at radius 2 is 1.68 bits per heavy atom. The van der Waals surface area contributed by atoms with Gasteiger partial charge in [-0.05, 0) is 18.2 Å². The standard InChI is InChI=1S/C23H18F2N4O2/c1-29-19-10-6-5-9-16(19)20(14-7-3-2-4-8-14)27-21(22(29)30)28-23(31)26-15-11-12-17(24)18(25)13-15/h2-13,21H,1H3,(H2,26,28,31)/t21-/m1/s1. The highest BCUT2D eigenvalue weighted by atomic mass is 19.2. The van der Waals surface area contributed by atoms with Crippen molar-refractivity contribution in [2.75, 3.05) is 17.3 Å². The second-order valence-corrected chi connectivity index (χ2v) is 6.89. The summed E-state index contributed by atoms with van der Waals surface area (Å²) in [5.74, 6) is -2.57. The van der Waals surface area contributed by atoms with Gasteiger partial charge in [-0.25, -0.2) is 18.6 Å². The summed E-state index contributed by atoms with van der Waals surface area (Å²) in [6.45, 7) is 0. The number of nitrogens with one attached hydrogen (secondary N) is 2. The van der Waals surface area contributed by atoms with Gasteiger partial charge in [-0.15, -0.1) is 0 Å². The molecule has 0 aromatic heterocycles. The summed E-state index contributed by atoms with van der Waals surface area (Å²) in [7, 11) is 1.60. The van der Waals surface area contributed by atoms with E-state index in [1.54, 1.807) is 13.1 Å². The summed E-state index contributed by atoms with van der Waals surface area (Å²) in [4.78, 5) is 31.5. The number of urea groups is 1. The zero-order valence-corrected chi connectivity index (χ0v) is 16.5. The quantitative estimate of drug-likeness (QED) is 0.674. The largest absolute Gasteiger partial charge is 0.321 e. The number of carbonyl (C=O) groups is 2. The zero-order valence-electron chi connectivity index (χ0n) is 16.5. The van der Waals surface area contributed by atoms with E-state index in [1.807, 2.05) is 48.5 Å². The Kier molecular flexibility index (Phi) is 5.44. The molecule has 0 saturated carbocycles. The molecule has 0 saturated heterocycles. The summed E-state index contributed by atoms with van der Waals surface area (Å²) in [6.07, 6.45) is -1.22. The maximum absolute atomic E-state index is 13.4. The molecule has 2 N–H and O–H groups in total. The molecule has 4 rings (SSSR count). The summed E-state index contributed by atoms with van der Waals surface area (Å²) in [5.41, 5.74) is 2.77. The van der Waals surface area contributed by atoms with Gasteiger partial charge in [0.05, 0.1) is 11.4 Å². The van der Waals surface area contributed by atoms with Crippen LogP contribution >= 0.6 is 0 Å². The van der Waals surface area contributed by atoms with E-state index < -0.39 is 29.7 Å². The van der Waals surface area contributed by atoms with Crippen LogP contribution in [0.25, 0.3) is 0 Å². The first-order valence-electron chi connectivity index (χ1n) is 9.47. The minimum Gasteiger partial charge on any atom is -0.311 e. The second-order valence-electron chi connectivity index (χ2n) is 6.89. The van der Waals surface area contributed by atoms with Gasteiger partial charge in [0, 0.05) is 29.9 Å². The minimum atomic E-state index is -1.22. The van der Waals surface area contributed by atoms with Crippen LogP contribution in [0.3, 0.4) is 0 Å². The first-order valence-corrected chi connectivity index (χ1v) is 9.47. The molecule has 0 bridgehead atoms. The molecule has 1 atom stereocenters. The van der Waals surface area contributed by atoms with Crippen molar-refractivity contribution in [2.24, 2.45) is 4.99 Å². The number of anilines is 2. The Morgan fingerprint density at radius 1 is 0.968 bits per heavy atom. The number of fused-ring (bicyclic) bond motifs is 1. The summed E-state index contributed by atoms with van der Waals surface area (Å²) in [6, 6.07) is 18.8. The van der Waals surface area contributed by atoms with Crippen molar-refractivity contribution in [1.82, 2.24) is 5.32 Å². The number of halogens is 2. The van der Waals surface area contributed by atoms with Crippen LogP contribution in [0.1, 0.15) is 11.1 Å². The van der Waals surface area contributed by atoms with Gasteiger partial charge in [0.2, 0.25) is 6.17 Å². The lowest BCUT2D eigenvalue weighted by Crippen LogP contribution is -2.47. The Morgan fingerprint density at radius 3 is 2.42 bits per heavy atom. The summed E-state index contributed by atoms with van der Waals surface area (Å²) >= 11 is 0. The van der Waals surface area contributed by atoms with Crippen molar-refractivity contribution < 1.29 is 18.4 Å². The molecule has 3 aromatic rings. The molecule has 156 valence electrons. The summed E-state index contributed by atoms with van der Waals surface area (Å²) < 4.78 is 26.5. The predicted octanol–water partition coefficient (Wildman–Crippen LogP) is 3.93. The van der Waals surface area contributed by atoms with Gasteiger partial charge in [-0.3, -0.25) is 4.79 Å². The number of hydrogen-bond donors (Lipinski definition) is 2. The number of nitrogens with zero attached hydrogens (tertiary/aromatic N) is 2. The van der Waals surface area contributed by atoms with E-state index in [0.717, 1.165) is 23.3 Å². The minimum absolute atomic E-state index is 0.0429. The maximum atomic E-state index is 13.4. The summed E-state index contributed by atoms with van der Waals surface area (Å²) in [5, 5.41) is 4.90. The Labute approximate surface area is 177 Å². The fourth-order valence-electron chi connectivity index (χ4n) is 3.31. The van der Waals surface area contributed by atoms with Gasteiger partial charge >= 0.3 is 6.03 Å². The topological polar surface area (TPSA) is 73.8 Å². The fourth-order valence-corrected chi connectivity index (χ4v) is 3.31. The van der Waals surface area contributed by atoms with Crippen LogP contribution in [0.15, 0.2) is 77.8 Å². The van der Waals surface area contributed by atoms with Crippen molar-refractivity contribution in [1.29, 1.82) is 0 Å². The van der Waals surface area contributed by atoms with Crippen LogP contribution in [0.5, 0.6) is 0 Å². The molecule has 1 heterocycles. The molecule has 0 aliphatic carbocycles. The number of hydrogen-bond acceptors (Lipinski definition) is 3. The predicted molar refractivity (Wildman–Crippen MR) is 114 cm³/mol. The lowest BCUT2D eigenvalue weighted by atomic mass is 10.0. The van der Waals surface area contributed by atoms with E-state index in [-0.39, 0.29) is 5.69 Å². The van der Waals surface area contributed by atoms with E-state index in [0.29, 0.717) is 11.4 Å². The number of amides is 3. The molecule has 1 aliphatic heterocycles. The van der Waals surface area contributed by atoms with Gasteiger partial charge in [0.15, 0.2) is 11.6 Å². The maximum Gasteiger partial charge on any atom is 0.321 e. The van der Waals surface area contributed by atoms with Crippen LogP contribution < -0.4 is 15.5 Å². The van der Waals surface area contributed by atoms with Crippen LogP contribution in [-0.4, -0.2) is 30.9 Å². The number of likely N-dealkylation sites (N-methyl/N-ethyl adjacent to an activating group) is 1. The molecule has 6 nitrogen and oxygen atoms in total. The van der Waals surface area contributed by atoms with Crippen molar-refractivity contribution >= 4 is 29.0 Å². The van der Waals surface area contributed by atoms with Crippen LogP contribution in [0.4, 0.5) is 25.0 Å². The fraction of sp³-hybridized carbons (Fsp3) is 0.0870. The van der Waals surface area contributed by atoms with Crippen molar-refractivity contribution in [2.45, 2.75) is 6.17 Å². The molecule has 0 fully saturated rings. The molecular weight excluding hydrogens is 402 g/mol. The second kappa shape index (κ2) is 8.35. The van der Waals surface area contributed by atoms with Crippen LogP contribution in [-0.2, 0) is 4.79 Å². The van der Waals surface area contributed by atoms with Gasteiger partial charge in [-0.2, -0.15) is 0 Å². The third kappa shape index (κ3) is 4.13. The molecular formula is C23H18F2N4O2. The van der Waals surface area contributed by atoms with Crippen molar-refractivity contribution in [3.8, 4) is 0 Å². The molecule has 3 aromatic carbocycles. The smallest absolute Gasteiger partial charge is 0.311 e. The molecule has 3 amide bonds. The van der Waals surface area contributed by atoms with E-state index in [4.69, 9.17) is 0 Å². The van der Waals surface area contributed by atoms with E-state index in [2.05, 4.69) is 15.6 Å². The van der Waals surface area contributed by atoms with Gasteiger partial charge in [-0.1, -0.05) is 48.5 Å². The first-order chi connectivity index (χ1) is 14.9. The SMILES string of the molecule is CN1C(=O)[C@@H](NC(=O)Nc2ccc(F)c(F)c2)N=C(c2ccccc2)c2ccccc21. The van der Waals surface area contributed by atoms with Gasteiger partial charge < -0.3 is 15.5 Å². The Balaban J connectivity index is 1.67. The molecule has 0 unspecified atom stereocenters. The average molecular weight is 420 g/mol. The molecule has 1 aliphatic rings. The molecule has 31 heavy (non-hydrogen) atoms. The van der Waals surface area contributed by atoms with Crippen molar-refractivity contribution in [3.05, 3.63) is 95.6 Å². The average Bonchev–Trinajstić information content (AvgIpc) is 2.88. The number of benzene rings is 3. The monoisotopic (exact) mass is 420 g/mol. The normalized spacial score (nSPS) is 15.6. The third-order valence-corrected chi connectivity index (χ3v) is 4.84. The molecule has 0 radical (unpaired) electrons. The van der Waals surface area contributed by atoms with Crippen LogP contribution in [0, 0.1) is 11.6 Å². The third-order valence-electron chi connectivity index (χ3n) is 4.84. The lowest BCUT2D eigenvalue weighted by Gasteiger charge is -2.21. The number of para-hydroxylation sites is 1. The molecule has 0 spiro atoms. The van der Waals surface area contributed by atoms with E-state index >= 15 is 0 Å². The number of aliphatic imine (C=N–C) groups is 1. The van der Waals surface area contributed by atoms with Crippen LogP contribution in [0.2, 0.25) is 0 Å². The zero-order chi connectivity index (χ0) is 22.0. The molecule has 8 heteroatoms. The highest BCUT2D eigenvalue weighted by molar-refractivity contribution is 6.20. The number of rotatable bonds is 3. The first kappa shape index (κ1) is 20.2. The number of benzodiazepines with no additional fused rings is 1.